The molecule has 2 saturated heterocycles. The molecule has 0 aromatic heterocycles. The quantitative estimate of drug-likeness (QED) is 0.786. The summed E-state index contributed by atoms with van der Waals surface area (Å²) < 4.78 is 16.0. The number of ether oxygens (including phenoxy) is 3. The molecule has 0 bridgehead atoms. The Kier molecular flexibility index (Phi) is 7.91. The number of piperazine rings is 1. The van der Waals surface area contributed by atoms with E-state index in [1.165, 1.54) is 0 Å². The molecule has 28 heavy (non-hydrogen) atoms. The molecule has 0 unspecified atom stereocenters. The molecule has 2 aliphatic heterocycles. The van der Waals surface area contributed by atoms with E-state index >= 15 is 0 Å². The van der Waals surface area contributed by atoms with E-state index in [1.807, 2.05) is 6.92 Å². The Morgan fingerprint density at radius 3 is 2.14 bits per heavy atom. The maximum absolute atomic E-state index is 12.8. The number of carbonyl (C=O) groups excluding carboxylic acids is 2. The highest BCUT2D eigenvalue weighted by Crippen LogP contribution is 2.24. The van der Waals surface area contributed by atoms with Crippen LogP contribution in [0.2, 0.25) is 0 Å². The normalized spacial score (nSPS) is 22.2. The van der Waals surface area contributed by atoms with Gasteiger partial charge in [-0.2, -0.15) is 0 Å². The predicted molar refractivity (Wildman–Crippen MR) is 106 cm³/mol. The standard InChI is InChI=1S/C19H27N3O5.ClH/c1-13-17(20-4-9-27-13)19(24)22-7-5-21(6-8-22)18(23)14-10-15(25-2)12-16(11-14)26-3;/h10-13,17,20H,4-9H2,1-3H3;1H/t13-,17+;/m1./s1. The molecule has 0 saturated carbocycles. The van der Waals surface area contributed by atoms with E-state index in [0.717, 1.165) is 0 Å². The van der Waals surface area contributed by atoms with Crippen molar-refractivity contribution >= 4 is 24.2 Å². The van der Waals surface area contributed by atoms with Gasteiger partial charge in [0, 0.05) is 44.4 Å². The molecule has 8 nitrogen and oxygen atoms in total. The van der Waals surface area contributed by atoms with Crippen molar-refractivity contribution in [2.45, 2.75) is 19.1 Å². The van der Waals surface area contributed by atoms with Crippen molar-refractivity contribution in [2.24, 2.45) is 0 Å². The van der Waals surface area contributed by atoms with Crippen LogP contribution in [0.3, 0.4) is 0 Å². The van der Waals surface area contributed by atoms with Crippen molar-refractivity contribution in [3.63, 3.8) is 0 Å². The Morgan fingerprint density at radius 1 is 1.04 bits per heavy atom. The molecule has 2 atom stereocenters. The largest absolute Gasteiger partial charge is 0.497 e. The Balaban J connectivity index is 0.00000280. The summed E-state index contributed by atoms with van der Waals surface area (Å²) in [7, 11) is 3.11. The summed E-state index contributed by atoms with van der Waals surface area (Å²) in [6, 6.07) is 4.82. The second-order valence-corrected chi connectivity index (χ2v) is 6.73. The van der Waals surface area contributed by atoms with E-state index in [2.05, 4.69) is 5.32 Å². The summed E-state index contributed by atoms with van der Waals surface area (Å²) in [5, 5.41) is 3.23. The topological polar surface area (TPSA) is 80.3 Å². The molecule has 2 aliphatic rings. The second-order valence-electron chi connectivity index (χ2n) is 6.73. The molecule has 0 aliphatic carbocycles. The van der Waals surface area contributed by atoms with Crippen molar-refractivity contribution in [3.05, 3.63) is 23.8 Å². The molecule has 1 aromatic rings. The summed E-state index contributed by atoms with van der Waals surface area (Å²) in [6.07, 6.45) is -0.143. The zero-order valence-corrected chi connectivity index (χ0v) is 17.3. The Hall–Kier alpha value is -2.03. The molecule has 156 valence electrons. The van der Waals surface area contributed by atoms with Crippen LogP contribution >= 0.6 is 12.4 Å². The van der Waals surface area contributed by atoms with Gasteiger partial charge in [0.15, 0.2) is 0 Å². The minimum atomic E-state index is -0.316. The smallest absolute Gasteiger partial charge is 0.254 e. The maximum atomic E-state index is 12.8. The third-order valence-electron chi connectivity index (χ3n) is 5.06. The van der Waals surface area contributed by atoms with E-state index in [9.17, 15) is 9.59 Å². The summed E-state index contributed by atoms with van der Waals surface area (Å²) in [4.78, 5) is 29.1. The lowest BCUT2D eigenvalue weighted by molar-refractivity contribution is -0.140. The fourth-order valence-corrected chi connectivity index (χ4v) is 3.45. The third-order valence-corrected chi connectivity index (χ3v) is 5.06. The highest BCUT2D eigenvalue weighted by molar-refractivity contribution is 5.95. The van der Waals surface area contributed by atoms with Gasteiger partial charge in [-0.25, -0.2) is 0 Å². The average Bonchev–Trinajstić information content (AvgIpc) is 2.72. The number of benzene rings is 1. The number of nitrogens with zero attached hydrogens (tertiary/aromatic N) is 2. The lowest BCUT2D eigenvalue weighted by atomic mass is 10.1. The number of rotatable bonds is 4. The fourth-order valence-electron chi connectivity index (χ4n) is 3.45. The molecular weight excluding hydrogens is 386 g/mol. The molecule has 2 amide bonds. The summed E-state index contributed by atoms with van der Waals surface area (Å²) in [6.45, 7) is 5.21. The number of amides is 2. The second kappa shape index (κ2) is 9.95. The van der Waals surface area contributed by atoms with Gasteiger partial charge in [-0.15, -0.1) is 12.4 Å². The van der Waals surface area contributed by atoms with Crippen LogP contribution in [-0.4, -0.2) is 87.3 Å². The fraction of sp³-hybridized carbons (Fsp3) is 0.579. The lowest BCUT2D eigenvalue weighted by Gasteiger charge is -2.38. The van der Waals surface area contributed by atoms with Crippen LogP contribution in [0.15, 0.2) is 18.2 Å². The lowest BCUT2D eigenvalue weighted by Crippen LogP contribution is -2.60. The number of carbonyl (C=O) groups is 2. The van der Waals surface area contributed by atoms with E-state index < -0.39 is 0 Å². The molecule has 0 radical (unpaired) electrons. The number of hydrogen-bond acceptors (Lipinski definition) is 6. The van der Waals surface area contributed by atoms with Gasteiger partial charge < -0.3 is 29.3 Å². The molecule has 2 heterocycles. The van der Waals surface area contributed by atoms with Crippen LogP contribution in [0, 0.1) is 0 Å². The van der Waals surface area contributed by atoms with E-state index in [-0.39, 0.29) is 36.4 Å². The zero-order chi connectivity index (χ0) is 19.4. The van der Waals surface area contributed by atoms with Gasteiger partial charge in [0.25, 0.3) is 5.91 Å². The number of methoxy groups -OCH3 is 2. The summed E-state index contributed by atoms with van der Waals surface area (Å²) in [5.41, 5.74) is 0.516. The first-order valence-corrected chi connectivity index (χ1v) is 9.19. The first-order valence-electron chi connectivity index (χ1n) is 9.19. The molecule has 3 rings (SSSR count). The van der Waals surface area contributed by atoms with Gasteiger partial charge in [-0.1, -0.05) is 0 Å². The van der Waals surface area contributed by atoms with Gasteiger partial charge in [0.2, 0.25) is 5.91 Å². The van der Waals surface area contributed by atoms with Crippen molar-refractivity contribution in [1.29, 1.82) is 0 Å². The van der Waals surface area contributed by atoms with Crippen molar-refractivity contribution < 1.29 is 23.8 Å². The van der Waals surface area contributed by atoms with Crippen LogP contribution in [0.25, 0.3) is 0 Å². The van der Waals surface area contributed by atoms with Gasteiger partial charge in [0.05, 0.1) is 26.9 Å². The molecule has 0 spiro atoms. The highest BCUT2D eigenvalue weighted by Gasteiger charge is 2.34. The van der Waals surface area contributed by atoms with Crippen LogP contribution in [0.4, 0.5) is 0 Å². The highest BCUT2D eigenvalue weighted by atomic mass is 35.5. The summed E-state index contributed by atoms with van der Waals surface area (Å²) >= 11 is 0. The minimum Gasteiger partial charge on any atom is -0.497 e. The van der Waals surface area contributed by atoms with E-state index in [1.54, 1.807) is 42.2 Å². The molecule has 2 fully saturated rings. The van der Waals surface area contributed by atoms with Gasteiger partial charge in [-0.3, -0.25) is 9.59 Å². The monoisotopic (exact) mass is 413 g/mol. The maximum Gasteiger partial charge on any atom is 0.254 e. The van der Waals surface area contributed by atoms with Crippen LogP contribution in [0.1, 0.15) is 17.3 Å². The number of morpholine rings is 1. The zero-order valence-electron chi connectivity index (χ0n) is 16.5. The summed E-state index contributed by atoms with van der Waals surface area (Å²) in [5.74, 6) is 1.09. The molecular formula is C19H28ClN3O5. The molecule has 1 aromatic carbocycles. The SMILES string of the molecule is COc1cc(OC)cc(C(=O)N2CCN(C(=O)[C@H]3NCCO[C@@H]3C)CC2)c1.Cl. The number of hydrogen-bond donors (Lipinski definition) is 1. The van der Waals surface area contributed by atoms with E-state index in [4.69, 9.17) is 14.2 Å². The van der Waals surface area contributed by atoms with Crippen LogP contribution in [0.5, 0.6) is 11.5 Å². The Bertz CT molecular complexity index is 672. The van der Waals surface area contributed by atoms with Crippen LogP contribution in [-0.2, 0) is 9.53 Å². The van der Waals surface area contributed by atoms with Crippen molar-refractivity contribution in [1.82, 2.24) is 15.1 Å². The number of halogens is 1. The van der Waals surface area contributed by atoms with Gasteiger partial charge >= 0.3 is 0 Å². The minimum absolute atomic E-state index is 0. The number of nitrogens with one attached hydrogen (secondary N) is 1. The third kappa shape index (κ3) is 4.87. The van der Waals surface area contributed by atoms with Gasteiger partial charge in [0.1, 0.15) is 17.5 Å². The Morgan fingerprint density at radius 2 is 1.61 bits per heavy atom. The average molecular weight is 414 g/mol. The van der Waals surface area contributed by atoms with Crippen molar-refractivity contribution in [3.8, 4) is 11.5 Å². The van der Waals surface area contributed by atoms with E-state index in [0.29, 0.717) is 56.4 Å². The van der Waals surface area contributed by atoms with Gasteiger partial charge in [-0.05, 0) is 19.1 Å². The Labute approximate surface area is 171 Å². The first-order chi connectivity index (χ1) is 13.0. The van der Waals surface area contributed by atoms with Crippen LogP contribution < -0.4 is 14.8 Å². The predicted octanol–water partition coefficient (Wildman–Crippen LogP) is 0.787. The van der Waals surface area contributed by atoms with Crippen molar-refractivity contribution in [2.75, 3.05) is 53.6 Å². The molecule has 9 heteroatoms. The molecule has 1 N–H and O–H groups in total. The first kappa shape index (κ1) is 22.3.